The Kier molecular flexibility index (Phi) is 6.37. The molecule has 6 nitrogen and oxygen atoms in total. The molecule has 0 fully saturated rings. The monoisotopic (exact) mass is 354 g/mol. The highest BCUT2D eigenvalue weighted by molar-refractivity contribution is 7.83. The summed E-state index contributed by atoms with van der Waals surface area (Å²) in [7, 11) is -1.27. The summed E-state index contributed by atoms with van der Waals surface area (Å²) in [5.41, 5.74) is 1.71. The van der Waals surface area contributed by atoms with Gasteiger partial charge in [0.25, 0.3) is 0 Å². The van der Waals surface area contributed by atoms with Crippen LogP contribution in [0.4, 0.5) is 4.79 Å². The number of carbonyl (C=O) groups excluding carboxylic acids is 1. The van der Waals surface area contributed by atoms with Crippen molar-refractivity contribution < 1.29 is 18.8 Å². The second kappa shape index (κ2) is 8.09. The third kappa shape index (κ3) is 5.29. The average Bonchev–Trinajstić information content (AvgIpc) is 2.81. The first kappa shape index (κ1) is 18.9. The Morgan fingerprint density at radius 2 is 2.08 bits per heavy atom. The minimum atomic E-state index is -1.27. The molecule has 2 rings (SSSR count). The van der Waals surface area contributed by atoms with Gasteiger partial charge < -0.3 is 15.2 Å². The minimum Gasteiger partial charge on any atom is -0.444 e. The van der Waals surface area contributed by atoms with Crippen molar-refractivity contribution >= 4 is 17.1 Å². The van der Waals surface area contributed by atoms with E-state index in [1.807, 2.05) is 45.0 Å². The lowest BCUT2D eigenvalue weighted by Gasteiger charge is -2.25. The third-order valence-corrected chi connectivity index (χ3v) is 4.98. The van der Waals surface area contributed by atoms with E-state index in [-0.39, 0.29) is 25.1 Å². The fraction of sp³-hybridized carbons (Fsp3) is 0.588. The van der Waals surface area contributed by atoms with Crippen LogP contribution in [0.3, 0.4) is 0 Å². The Bertz CT molecular complexity index is 600. The summed E-state index contributed by atoms with van der Waals surface area (Å²) in [5, 5.41) is 11.8. The van der Waals surface area contributed by atoms with E-state index < -0.39 is 22.7 Å². The van der Waals surface area contributed by atoms with E-state index in [2.05, 4.69) is 10.0 Å². The first-order chi connectivity index (χ1) is 11.3. The molecule has 0 saturated heterocycles. The quantitative estimate of drug-likeness (QED) is 0.722. The van der Waals surface area contributed by atoms with Crippen molar-refractivity contribution in [2.45, 2.75) is 44.8 Å². The van der Waals surface area contributed by atoms with Crippen molar-refractivity contribution in [1.29, 1.82) is 0 Å². The van der Waals surface area contributed by atoms with E-state index in [1.165, 1.54) is 0 Å². The second-order valence-corrected chi connectivity index (χ2v) is 8.21. The molecule has 0 aromatic heterocycles. The zero-order valence-electron chi connectivity index (χ0n) is 14.4. The van der Waals surface area contributed by atoms with Crippen molar-refractivity contribution in [3.05, 3.63) is 35.4 Å². The van der Waals surface area contributed by atoms with Crippen molar-refractivity contribution in [2.75, 3.05) is 18.9 Å². The fourth-order valence-corrected chi connectivity index (χ4v) is 4.05. The van der Waals surface area contributed by atoms with Crippen molar-refractivity contribution in [1.82, 2.24) is 10.0 Å². The van der Waals surface area contributed by atoms with E-state index in [0.717, 1.165) is 11.1 Å². The van der Waals surface area contributed by atoms with Gasteiger partial charge in [0.1, 0.15) is 5.60 Å². The highest BCUT2D eigenvalue weighted by Gasteiger charge is 2.35. The number of nitrogens with one attached hydrogen (secondary N) is 2. The number of benzene rings is 1. The second-order valence-electron chi connectivity index (χ2n) is 6.89. The SMILES string of the molecule is CC(C)(C)OC(=O)N[C@@H]1Cc2ccccc2[C@H]1CS(=O)NCCO. The predicted octanol–water partition coefficient (Wildman–Crippen LogP) is 1.47. The minimum absolute atomic E-state index is 0.0549. The van der Waals surface area contributed by atoms with E-state index >= 15 is 0 Å². The molecule has 1 aliphatic rings. The molecule has 1 aromatic carbocycles. The van der Waals surface area contributed by atoms with Gasteiger partial charge in [-0.25, -0.2) is 13.7 Å². The van der Waals surface area contributed by atoms with Crippen LogP contribution in [0.2, 0.25) is 0 Å². The highest BCUT2D eigenvalue weighted by Crippen LogP contribution is 2.34. The Morgan fingerprint density at radius 3 is 2.75 bits per heavy atom. The molecule has 3 N–H and O–H groups in total. The van der Waals surface area contributed by atoms with Crippen molar-refractivity contribution in [3.8, 4) is 0 Å². The summed E-state index contributed by atoms with van der Waals surface area (Å²) in [6.07, 6.45) is 0.233. The number of hydrogen-bond acceptors (Lipinski definition) is 4. The molecule has 1 amide bonds. The lowest BCUT2D eigenvalue weighted by atomic mass is 10.0. The molecule has 0 spiro atoms. The number of aliphatic hydroxyl groups is 1. The third-order valence-electron chi connectivity index (χ3n) is 3.79. The number of carbonyl (C=O) groups is 1. The molecule has 1 unspecified atom stereocenters. The number of alkyl carbamates (subject to hydrolysis) is 1. The van der Waals surface area contributed by atoms with Gasteiger partial charge >= 0.3 is 6.09 Å². The molecule has 0 aliphatic heterocycles. The number of aliphatic hydroxyl groups excluding tert-OH is 1. The zero-order valence-corrected chi connectivity index (χ0v) is 15.2. The van der Waals surface area contributed by atoms with E-state index in [4.69, 9.17) is 9.84 Å². The maximum absolute atomic E-state index is 12.2. The Labute approximate surface area is 145 Å². The smallest absolute Gasteiger partial charge is 0.407 e. The van der Waals surface area contributed by atoms with Crippen LogP contribution < -0.4 is 10.0 Å². The van der Waals surface area contributed by atoms with Gasteiger partial charge in [0.15, 0.2) is 0 Å². The summed E-state index contributed by atoms with van der Waals surface area (Å²) >= 11 is 0. The van der Waals surface area contributed by atoms with Gasteiger partial charge in [-0.3, -0.25) is 0 Å². The van der Waals surface area contributed by atoms with Crippen LogP contribution in [0, 0.1) is 0 Å². The molecular formula is C17H26N2O4S. The van der Waals surface area contributed by atoms with Gasteiger partial charge in [-0.2, -0.15) is 0 Å². The van der Waals surface area contributed by atoms with Crippen LogP contribution in [0.15, 0.2) is 24.3 Å². The Morgan fingerprint density at radius 1 is 1.38 bits per heavy atom. The topological polar surface area (TPSA) is 87.7 Å². The van der Waals surface area contributed by atoms with Gasteiger partial charge in [0.2, 0.25) is 0 Å². The normalized spacial score (nSPS) is 21.2. The van der Waals surface area contributed by atoms with Crippen LogP contribution in [0.5, 0.6) is 0 Å². The summed E-state index contributed by atoms with van der Waals surface area (Å²) in [5.74, 6) is 0.318. The van der Waals surface area contributed by atoms with E-state index in [0.29, 0.717) is 12.2 Å². The van der Waals surface area contributed by atoms with Crippen molar-refractivity contribution in [3.63, 3.8) is 0 Å². The van der Waals surface area contributed by atoms with Gasteiger partial charge in [0.05, 0.1) is 17.6 Å². The Hall–Kier alpha value is -1.44. The number of hydrogen-bond donors (Lipinski definition) is 3. The van der Waals surface area contributed by atoms with Gasteiger partial charge in [-0.05, 0) is 38.3 Å². The van der Waals surface area contributed by atoms with Crippen LogP contribution in [0.25, 0.3) is 0 Å². The van der Waals surface area contributed by atoms with E-state index in [9.17, 15) is 9.00 Å². The highest BCUT2D eigenvalue weighted by atomic mass is 32.2. The van der Waals surface area contributed by atoms with Gasteiger partial charge in [0, 0.05) is 24.3 Å². The molecule has 7 heteroatoms. The zero-order chi connectivity index (χ0) is 17.7. The largest absolute Gasteiger partial charge is 0.444 e. The predicted molar refractivity (Wildman–Crippen MR) is 94.1 cm³/mol. The first-order valence-corrected chi connectivity index (χ1v) is 9.42. The van der Waals surface area contributed by atoms with Gasteiger partial charge in [-0.1, -0.05) is 24.3 Å². The molecule has 24 heavy (non-hydrogen) atoms. The average molecular weight is 354 g/mol. The Balaban J connectivity index is 2.09. The summed E-state index contributed by atoms with van der Waals surface area (Å²) in [4.78, 5) is 12.1. The number of rotatable bonds is 6. The molecule has 134 valence electrons. The standard InChI is InChI=1S/C17H26N2O4S/c1-17(2,3)23-16(21)19-15-10-12-6-4-5-7-13(12)14(15)11-24(22)18-8-9-20/h4-7,14-15,18,20H,8-11H2,1-3H3,(H,19,21)/t14-,15-,24?/m1/s1. The molecule has 0 radical (unpaired) electrons. The number of fused-ring (bicyclic) bond motifs is 1. The van der Waals surface area contributed by atoms with Crippen LogP contribution in [-0.2, 0) is 22.1 Å². The van der Waals surface area contributed by atoms with Crippen LogP contribution in [-0.4, -0.2) is 46.0 Å². The molecule has 0 heterocycles. The maximum Gasteiger partial charge on any atom is 0.407 e. The van der Waals surface area contributed by atoms with E-state index in [1.54, 1.807) is 0 Å². The maximum atomic E-state index is 12.2. The number of ether oxygens (including phenoxy) is 1. The summed E-state index contributed by atoms with van der Waals surface area (Å²) in [6.45, 7) is 5.68. The molecule has 0 saturated carbocycles. The van der Waals surface area contributed by atoms with Crippen LogP contribution >= 0.6 is 0 Å². The summed E-state index contributed by atoms with van der Waals surface area (Å²) in [6, 6.07) is 7.80. The molecular weight excluding hydrogens is 328 g/mol. The lowest BCUT2D eigenvalue weighted by Crippen LogP contribution is -2.43. The summed E-state index contributed by atoms with van der Waals surface area (Å²) < 4.78 is 20.3. The first-order valence-electron chi connectivity index (χ1n) is 8.10. The molecule has 3 atom stereocenters. The molecule has 0 bridgehead atoms. The molecule has 1 aliphatic carbocycles. The van der Waals surface area contributed by atoms with Crippen molar-refractivity contribution in [2.24, 2.45) is 0 Å². The van der Waals surface area contributed by atoms with Crippen LogP contribution in [0.1, 0.15) is 37.8 Å². The fourth-order valence-electron chi connectivity index (χ4n) is 2.88. The number of amides is 1. The lowest BCUT2D eigenvalue weighted by molar-refractivity contribution is 0.0501. The van der Waals surface area contributed by atoms with Gasteiger partial charge in [-0.15, -0.1) is 0 Å². The molecule has 1 aromatic rings.